The molecule has 4 fully saturated rings. The SMILES string of the molecule is CNC1(CCc2ccccc2)C2CC3CC(C2)CC1C3. The van der Waals surface area contributed by atoms with Gasteiger partial charge in [-0.3, -0.25) is 0 Å². The van der Waals surface area contributed by atoms with Crippen molar-refractivity contribution < 1.29 is 0 Å². The van der Waals surface area contributed by atoms with E-state index in [9.17, 15) is 0 Å². The monoisotopic (exact) mass is 269 g/mol. The van der Waals surface area contributed by atoms with E-state index in [0.717, 1.165) is 23.7 Å². The Balaban J connectivity index is 1.54. The first-order valence-electron chi connectivity index (χ1n) is 8.53. The van der Waals surface area contributed by atoms with Gasteiger partial charge in [0.1, 0.15) is 0 Å². The highest BCUT2D eigenvalue weighted by Crippen LogP contribution is 2.59. The smallest absolute Gasteiger partial charge is 0.0238 e. The van der Waals surface area contributed by atoms with E-state index in [-0.39, 0.29) is 0 Å². The van der Waals surface area contributed by atoms with Gasteiger partial charge in [0.15, 0.2) is 0 Å². The molecule has 5 rings (SSSR count). The molecule has 0 spiro atoms. The average Bonchev–Trinajstić information content (AvgIpc) is 2.48. The van der Waals surface area contributed by atoms with Crippen LogP contribution in [0.25, 0.3) is 0 Å². The van der Waals surface area contributed by atoms with Gasteiger partial charge < -0.3 is 5.32 Å². The predicted molar refractivity (Wildman–Crippen MR) is 83.6 cm³/mol. The summed E-state index contributed by atoms with van der Waals surface area (Å²) in [4.78, 5) is 0. The second kappa shape index (κ2) is 4.87. The largest absolute Gasteiger partial charge is 0.314 e. The molecule has 4 aliphatic carbocycles. The number of aryl methyl sites for hydroxylation is 1. The Morgan fingerprint density at radius 3 is 2.10 bits per heavy atom. The zero-order chi connectivity index (χ0) is 13.6. The van der Waals surface area contributed by atoms with Crippen LogP contribution in [0.3, 0.4) is 0 Å². The molecule has 0 amide bonds. The Labute approximate surface area is 123 Å². The molecule has 1 nitrogen and oxygen atoms in total. The van der Waals surface area contributed by atoms with Crippen LogP contribution in [0.1, 0.15) is 44.1 Å². The molecule has 0 aromatic heterocycles. The van der Waals surface area contributed by atoms with E-state index in [0.29, 0.717) is 5.54 Å². The predicted octanol–water partition coefficient (Wildman–Crippen LogP) is 4.03. The van der Waals surface area contributed by atoms with E-state index >= 15 is 0 Å². The van der Waals surface area contributed by atoms with Crippen molar-refractivity contribution in [2.45, 2.75) is 50.5 Å². The lowest BCUT2D eigenvalue weighted by atomic mass is 9.47. The van der Waals surface area contributed by atoms with Gasteiger partial charge in [0.2, 0.25) is 0 Å². The Morgan fingerprint density at radius 2 is 1.55 bits per heavy atom. The molecule has 20 heavy (non-hydrogen) atoms. The van der Waals surface area contributed by atoms with Gasteiger partial charge in [0.25, 0.3) is 0 Å². The van der Waals surface area contributed by atoms with Crippen LogP contribution in [0.4, 0.5) is 0 Å². The average molecular weight is 269 g/mol. The molecule has 0 atom stereocenters. The third kappa shape index (κ3) is 1.94. The molecule has 1 N–H and O–H groups in total. The van der Waals surface area contributed by atoms with Crippen molar-refractivity contribution in [1.29, 1.82) is 0 Å². The van der Waals surface area contributed by atoms with E-state index in [1.807, 2.05) is 0 Å². The summed E-state index contributed by atoms with van der Waals surface area (Å²) in [5.41, 5.74) is 1.96. The normalized spacial score (nSPS) is 42.0. The van der Waals surface area contributed by atoms with E-state index in [1.54, 1.807) is 6.42 Å². The first kappa shape index (κ1) is 12.9. The zero-order valence-corrected chi connectivity index (χ0v) is 12.6. The van der Waals surface area contributed by atoms with Crippen LogP contribution in [-0.2, 0) is 6.42 Å². The van der Waals surface area contributed by atoms with Crippen molar-refractivity contribution in [3.05, 3.63) is 35.9 Å². The first-order chi connectivity index (χ1) is 9.80. The second-order valence-corrected chi connectivity index (χ2v) is 7.58. The lowest BCUT2D eigenvalue weighted by Gasteiger charge is -2.61. The summed E-state index contributed by atoms with van der Waals surface area (Å²) in [6, 6.07) is 11.1. The van der Waals surface area contributed by atoms with Crippen molar-refractivity contribution in [2.24, 2.45) is 23.7 Å². The van der Waals surface area contributed by atoms with Gasteiger partial charge in [-0.2, -0.15) is 0 Å². The van der Waals surface area contributed by atoms with Crippen LogP contribution >= 0.6 is 0 Å². The molecule has 0 unspecified atom stereocenters. The highest BCUT2D eigenvalue weighted by Gasteiger charge is 2.55. The molecule has 4 saturated carbocycles. The summed E-state index contributed by atoms with van der Waals surface area (Å²) in [5.74, 6) is 4.03. The Kier molecular flexibility index (Phi) is 3.14. The molecule has 1 aromatic carbocycles. The van der Waals surface area contributed by atoms with Crippen LogP contribution in [0, 0.1) is 23.7 Å². The fraction of sp³-hybridized carbons (Fsp3) is 0.684. The Bertz CT molecular complexity index is 436. The van der Waals surface area contributed by atoms with Crippen LogP contribution < -0.4 is 5.32 Å². The van der Waals surface area contributed by atoms with Crippen molar-refractivity contribution in [3.63, 3.8) is 0 Å². The molecule has 1 heteroatoms. The molecule has 108 valence electrons. The summed E-state index contributed by atoms with van der Waals surface area (Å²) in [5, 5.41) is 3.83. The van der Waals surface area contributed by atoms with Gasteiger partial charge in [-0.25, -0.2) is 0 Å². The van der Waals surface area contributed by atoms with Gasteiger partial charge in [-0.15, -0.1) is 0 Å². The summed E-state index contributed by atoms with van der Waals surface area (Å²) in [7, 11) is 2.23. The minimum Gasteiger partial charge on any atom is -0.314 e. The number of hydrogen-bond donors (Lipinski definition) is 1. The van der Waals surface area contributed by atoms with Gasteiger partial charge >= 0.3 is 0 Å². The first-order valence-corrected chi connectivity index (χ1v) is 8.53. The molecule has 1 aromatic rings. The molecule has 4 aliphatic rings. The summed E-state index contributed by atoms with van der Waals surface area (Å²) >= 11 is 0. The maximum atomic E-state index is 3.83. The molecular formula is C19H27N. The van der Waals surface area contributed by atoms with E-state index in [1.165, 1.54) is 44.1 Å². The minimum absolute atomic E-state index is 0.448. The maximum Gasteiger partial charge on any atom is 0.0238 e. The molecule has 0 aliphatic heterocycles. The number of nitrogens with one attached hydrogen (secondary N) is 1. The van der Waals surface area contributed by atoms with Crippen LogP contribution in [0.2, 0.25) is 0 Å². The fourth-order valence-corrected chi connectivity index (χ4v) is 5.96. The van der Waals surface area contributed by atoms with Gasteiger partial charge in [0, 0.05) is 5.54 Å². The zero-order valence-electron chi connectivity index (χ0n) is 12.6. The summed E-state index contributed by atoms with van der Waals surface area (Å²) in [6.45, 7) is 0. The highest BCUT2D eigenvalue weighted by molar-refractivity contribution is 5.17. The van der Waals surface area contributed by atoms with Gasteiger partial charge in [-0.05, 0) is 81.2 Å². The van der Waals surface area contributed by atoms with Crippen LogP contribution in [0.5, 0.6) is 0 Å². The quantitative estimate of drug-likeness (QED) is 0.870. The van der Waals surface area contributed by atoms with E-state index < -0.39 is 0 Å². The van der Waals surface area contributed by atoms with Crippen molar-refractivity contribution >= 4 is 0 Å². The third-order valence-corrected chi connectivity index (χ3v) is 6.73. The van der Waals surface area contributed by atoms with Crippen molar-refractivity contribution in [2.75, 3.05) is 7.05 Å². The molecule has 4 bridgehead atoms. The maximum absolute atomic E-state index is 3.83. The summed E-state index contributed by atoms with van der Waals surface area (Å²) < 4.78 is 0. The molecular weight excluding hydrogens is 242 g/mol. The Morgan fingerprint density at radius 1 is 0.950 bits per heavy atom. The second-order valence-electron chi connectivity index (χ2n) is 7.58. The van der Waals surface area contributed by atoms with Crippen molar-refractivity contribution in [1.82, 2.24) is 5.32 Å². The van der Waals surface area contributed by atoms with Crippen LogP contribution in [0.15, 0.2) is 30.3 Å². The fourth-order valence-electron chi connectivity index (χ4n) is 5.96. The molecule has 0 radical (unpaired) electrons. The Hall–Kier alpha value is -0.820. The highest BCUT2D eigenvalue weighted by atomic mass is 15.0. The lowest BCUT2D eigenvalue weighted by molar-refractivity contribution is -0.0741. The molecule has 0 heterocycles. The number of benzene rings is 1. The number of rotatable bonds is 4. The van der Waals surface area contributed by atoms with Crippen molar-refractivity contribution in [3.8, 4) is 0 Å². The lowest BCUT2D eigenvalue weighted by Crippen LogP contribution is -2.64. The topological polar surface area (TPSA) is 12.0 Å². The third-order valence-electron chi connectivity index (χ3n) is 6.73. The van der Waals surface area contributed by atoms with Gasteiger partial charge in [-0.1, -0.05) is 30.3 Å². The van der Waals surface area contributed by atoms with Crippen LogP contribution in [-0.4, -0.2) is 12.6 Å². The van der Waals surface area contributed by atoms with E-state index in [4.69, 9.17) is 0 Å². The molecule has 0 saturated heterocycles. The number of hydrogen-bond acceptors (Lipinski definition) is 1. The standard InChI is InChI=1S/C19H27N/c1-20-19(8-7-14-5-3-2-4-6-14)17-10-15-9-16(12-17)13-18(19)11-15/h2-6,15-18,20H,7-13H2,1H3. The van der Waals surface area contributed by atoms with E-state index in [2.05, 4.69) is 42.7 Å². The summed E-state index contributed by atoms with van der Waals surface area (Å²) in [6.07, 6.45) is 10.1. The minimum atomic E-state index is 0.448. The van der Waals surface area contributed by atoms with Gasteiger partial charge in [0.05, 0.1) is 0 Å².